The van der Waals surface area contributed by atoms with E-state index in [0.717, 1.165) is 11.3 Å². The molecule has 0 aliphatic carbocycles. The van der Waals surface area contributed by atoms with Crippen LogP contribution < -0.4 is 5.73 Å². The minimum absolute atomic E-state index is 0.0218. The summed E-state index contributed by atoms with van der Waals surface area (Å²) in [5, 5.41) is 18.6. The molecule has 7 nitrogen and oxygen atoms in total. The van der Waals surface area contributed by atoms with Crippen molar-refractivity contribution in [2.75, 3.05) is 12.3 Å². The summed E-state index contributed by atoms with van der Waals surface area (Å²) in [5.74, 6) is -1.25. The van der Waals surface area contributed by atoms with Gasteiger partial charge in [-0.25, -0.2) is 9.59 Å². The van der Waals surface area contributed by atoms with Crippen molar-refractivity contribution in [2.24, 2.45) is 0 Å². The number of nitrogens with zero attached hydrogens (tertiary/aromatic N) is 1. The van der Waals surface area contributed by atoms with Crippen LogP contribution in [0.2, 0.25) is 0 Å². The van der Waals surface area contributed by atoms with Crippen molar-refractivity contribution in [3.63, 3.8) is 0 Å². The molecule has 24 heavy (non-hydrogen) atoms. The van der Waals surface area contributed by atoms with Crippen LogP contribution in [0.15, 0.2) is 24.3 Å². The van der Waals surface area contributed by atoms with Crippen LogP contribution in [0, 0.1) is 11.3 Å². The first-order valence-corrected chi connectivity index (χ1v) is 7.74. The molecule has 0 aliphatic rings. The average Bonchev–Trinajstić information content (AvgIpc) is 2.89. The lowest BCUT2D eigenvalue weighted by atomic mass is 10.1. The van der Waals surface area contributed by atoms with Gasteiger partial charge in [0.2, 0.25) is 0 Å². The van der Waals surface area contributed by atoms with E-state index < -0.39 is 11.9 Å². The van der Waals surface area contributed by atoms with Crippen LogP contribution in [0.1, 0.15) is 38.1 Å². The van der Waals surface area contributed by atoms with Crippen molar-refractivity contribution < 1.29 is 24.2 Å². The summed E-state index contributed by atoms with van der Waals surface area (Å²) in [6, 6.07) is 7.41. The van der Waals surface area contributed by atoms with E-state index in [4.69, 9.17) is 15.2 Å². The lowest BCUT2D eigenvalue weighted by Crippen LogP contribution is -2.10. The third kappa shape index (κ3) is 3.64. The van der Waals surface area contributed by atoms with Crippen LogP contribution in [-0.4, -0.2) is 23.7 Å². The van der Waals surface area contributed by atoms with Gasteiger partial charge in [0.05, 0.1) is 17.7 Å². The normalized spacial score (nSPS) is 10.0. The molecule has 1 aromatic heterocycles. The third-order valence-corrected chi connectivity index (χ3v) is 4.10. The molecule has 0 bridgehead atoms. The average molecular weight is 346 g/mol. The predicted octanol–water partition coefficient (Wildman–Crippen LogP) is 2.44. The highest BCUT2D eigenvalue weighted by Crippen LogP contribution is 2.32. The number of anilines is 1. The van der Waals surface area contributed by atoms with E-state index in [1.807, 2.05) is 6.07 Å². The number of ether oxygens (including phenoxy) is 2. The molecule has 0 spiro atoms. The van der Waals surface area contributed by atoms with Gasteiger partial charge in [-0.2, -0.15) is 5.26 Å². The number of phenols is 1. The van der Waals surface area contributed by atoms with E-state index in [0.29, 0.717) is 0 Å². The van der Waals surface area contributed by atoms with Gasteiger partial charge in [0.25, 0.3) is 0 Å². The zero-order valence-corrected chi connectivity index (χ0v) is 13.6. The summed E-state index contributed by atoms with van der Waals surface area (Å²) in [6.07, 6.45) is 0. The highest BCUT2D eigenvalue weighted by Gasteiger charge is 2.24. The first kappa shape index (κ1) is 17.3. The van der Waals surface area contributed by atoms with Crippen LogP contribution in [0.25, 0.3) is 0 Å². The lowest BCUT2D eigenvalue weighted by molar-refractivity contribution is 0.0452. The van der Waals surface area contributed by atoms with Crippen molar-refractivity contribution in [3.05, 3.63) is 45.8 Å². The van der Waals surface area contributed by atoms with Gasteiger partial charge in [-0.3, -0.25) is 0 Å². The number of aromatic hydroxyl groups is 1. The molecule has 124 valence electrons. The van der Waals surface area contributed by atoms with Crippen molar-refractivity contribution in [2.45, 2.75) is 13.5 Å². The van der Waals surface area contributed by atoms with Gasteiger partial charge < -0.3 is 20.3 Å². The van der Waals surface area contributed by atoms with Gasteiger partial charge >= 0.3 is 11.9 Å². The van der Waals surface area contributed by atoms with Crippen molar-refractivity contribution >= 4 is 28.3 Å². The Kier molecular flexibility index (Phi) is 5.39. The molecule has 3 N–H and O–H groups in total. The Labute approximate surface area is 141 Å². The number of nitrogens with two attached hydrogens (primary N) is 1. The lowest BCUT2D eigenvalue weighted by Gasteiger charge is -2.07. The Balaban J connectivity index is 2.22. The smallest absolute Gasteiger partial charge is 0.348 e. The zero-order valence-electron chi connectivity index (χ0n) is 12.7. The Morgan fingerprint density at radius 2 is 1.92 bits per heavy atom. The maximum Gasteiger partial charge on any atom is 0.348 e. The van der Waals surface area contributed by atoms with Gasteiger partial charge in [0.1, 0.15) is 28.3 Å². The second-order valence-electron chi connectivity index (χ2n) is 4.60. The Hall–Kier alpha value is -3.05. The fourth-order valence-electron chi connectivity index (χ4n) is 1.93. The number of esters is 2. The summed E-state index contributed by atoms with van der Waals surface area (Å²) >= 11 is 0.919. The van der Waals surface area contributed by atoms with E-state index in [9.17, 15) is 20.0 Å². The number of carbonyl (C=O) groups is 2. The Morgan fingerprint density at radius 3 is 2.50 bits per heavy atom. The SMILES string of the molecule is CCOC(=O)c1sc(N)c(C#N)c1COC(=O)c1ccc(O)cc1. The second kappa shape index (κ2) is 7.48. The molecular weight excluding hydrogens is 332 g/mol. The third-order valence-electron chi connectivity index (χ3n) is 3.06. The van der Waals surface area contributed by atoms with E-state index in [-0.39, 0.29) is 45.5 Å². The number of nitriles is 1. The molecular formula is C16H14N2O5S. The molecule has 0 saturated heterocycles. The quantitative estimate of drug-likeness (QED) is 0.797. The standard InChI is InChI=1S/C16H14N2O5S/c1-2-22-16(21)13-12(11(7-17)14(18)24-13)8-23-15(20)9-3-5-10(19)6-4-9/h3-6,19H,2,8,18H2,1H3. The fourth-order valence-corrected chi connectivity index (χ4v) is 2.84. The molecule has 2 rings (SSSR count). The second-order valence-corrected chi connectivity index (χ2v) is 5.66. The molecule has 2 aromatic rings. The zero-order chi connectivity index (χ0) is 17.7. The van der Waals surface area contributed by atoms with E-state index in [1.165, 1.54) is 24.3 Å². The number of phenolic OH excluding ortho intramolecular Hbond substituents is 1. The van der Waals surface area contributed by atoms with E-state index in [1.54, 1.807) is 6.92 Å². The number of hydrogen-bond donors (Lipinski definition) is 2. The number of hydrogen-bond acceptors (Lipinski definition) is 8. The molecule has 0 unspecified atom stereocenters. The highest BCUT2D eigenvalue weighted by atomic mass is 32.1. The number of carbonyl (C=O) groups excluding carboxylic acids is 2. The maximum atomic E-state index is 12.0. The monoisotopic (exact) mass is 346 g/mol. The van der Waals surface area contributed by atoms with Gasteiger partial charge in [-0.05, 0) is 31.2 Å². The van der Waals surface area contributed by atoms with Gasteiger partial charge in [-0.1, -0.05) is 0 Å². The van der Waals surface area contributed by atoms with Crippen LogP contribution in [0.5, 0.6) is 5.75 Å². The predicted molar refractivity (Wildman–Crippen MR) is 86.6 cm³/mol. The van der Waals surface area contributed by atoms with Gasteiger partial charge in [-0.15, -0.1) is 11.3 Å². The van der Waals surface area contributed by atoms with E-state index in [2.05, 4.69) is 0 Å². The van der Waals surface area contributed by atoms with Crippen LogP contribution in [0.4, 0.5) is 5.00 Å². The molecule has 1 heterocycles. The van der Waals surface area contributed by atoms with Crippen LogP contribution in [0.3, 0.4) is 0 Å². The van der Waals surface area contributed by atoms with Gasteiger partial charge in [0.15, 0.2) is 0 Å². The van der Waals surface area contributed by atoms with Crippen molar-refractivity contribution in [1.29, 1.82) is 5.26 Å². The molecule has 0 aliphatic heterocycles. The van der Waals surface area contributed by atoms with Crippen LogP contribution >= 0.6 is 11.3 Å². The largest absolute Gasteiger partial charge is 0.508 e. The number of nitrogen functional groups attached to an aromatic ring is 1. The molecule has 0 saturated carbocycles. The molecule has 0 fully saturated rings. The Bertz CT molecular complexity index is 805. The minimum atomic E-state index is -0.654. The first-order valence-electron chi connectivity index (χ1n) is 6.92. The number of benzene rings is 1. The highest BCUT2D eigenvalue weighted by molar-refractivity contribution is 7.18. The maximum absolute atomic E-state index is 12.0. The summed E-state index contributed by atoms with van der Waals surface area (Å²) in [7, 11) is 0. The molecule has 8 heteroatoms. The topological polar surface area (TPSA) is 123 Å². The summed E-state index contributed by atoms with van der Waals surface area (Å²) in [4.78, 5) is 24.1. The number of rotatable bonds is 5. The summed E-state index contributed by atoms with van der Waals surface area (Å²) < 4.78 is 10.1. The van der Waals surface area contributed by atoms with Gasteiger partial charge in [0, 0.05) is 5.56 Å². The number of thiophene rings is 1. The molecule has 0 radical (unpaired) electrons. The molecule has 0 atom stereocenters. The first-order chi connectivity index (χ1) is 11.5. The summed E-state index contributed by atoms with van der Waals surface area (Å²) in [5.41, 5.74) is 6.30. The van der Waals surface area contributed by atoms with Crippen molar-refractivity contribution in [3.8, 4) is 11.8 Å². The Morgan fingerprint density at radius 1 is 1.25 bits per heavy atom. The van der Waals surface area contributed by atoms with Crippen LogP contribution in [-0.2, 0) is 16.1 Å². The molecule has 1 aromatic carbocycles. The summed E-state index contributed by atoms with van der Waals surface area (Å²) in [6.45, 7) is 1.54. The molecule has 0 amide bonds. The van der Waals surface area contributed by atoms with Crippen molar-refractivity contribution in [1.82, 2.24) is 0 Å². The fraction of sp³-hybridized carbons (Fsp3) is 0.188. The minimum Gasteiger partial charge on any atom is -0.508 e. The van der Waals surface area contributed by atoms with E-state index >= 15 is 0 Å².